The van der Waals surface area contributed by atoms with Crippen LogP contribution in [0.2, 0.25) is 0 Å². The number of benzene rings is 1. The molecule has 2 aromatic heterocycles. The van der Waals surface area contributed by atoms with Crippen LogP contribution in [0.5, 0.6) is 0 Å². The maximum Gasteiger partial charge on any atom is 0.198 e. The number of imidazole rings is 1. The fraction of sp³-hybridized carbons (Fsp3) is 0.263. The lowest BCUT2D eigenvalue weighted by Crippen LogP contribution is -2.40. The first kappa shape index (κ1) is 17.7. The van der Waals surface area contributed by atoms with Crippen LogP contribution in [0.3, 0.4) is 0 Å². The molecule has 0 radical (unpaired) electrons. The molecule has 4 rings (SSSR count). The van der Waals surface area contributed by atoms with E-state index in [1.807, 2.05) is 13.2 Å². The summed E-state index contributed by atoms with van der Waals surface area (Å²) in [6.45, 7) is 3.70. The highest BCUT2D eigenvalue weighted by atomic mass is 127. The molecule has 130 valence electrons. The number of anilines is 1. The van der Waals surface area contributed by atoms with E-state index in [4.69, 9.17) is 0 Å². The Labute approximate surface area is 164 Å². The second-order valence-corrected chi connectivity index (χ2v) is 6.13. The van der Waals surface area contributed by atoms with E-state index in [2.05, 4.69) is 74.1 Å². The third kappa shape index (κ3) is 3.49. The number of nitrogens with zero attached hydrogens (tertiary/aromatic N) is 4. The van der Waals surface area contributed by atoms with Gasteiger partial charge >= 0.3 is 0 Å². The smallest absolute Gasteiger partial charge is 0.198 e. The third-order valence-corrected chi connectivity index (χ3v) is 4.45. The average molecular weight is 447 g/mol. The lowest BCUT2D eigenvalue weighted by Gasteiger charge is -2.21. The second kappa shape index (κ2) is 7.43. The number of hydrogen-bond donors (Lipinski definition) is 1. The van der Waals surface area contributed by atoms with E-state index in [9.17, 15) is 0 Å². The number of pyridine rings is 1. The maximum absolute atomic E-state index is 4.68. The number of fused-ring (bicyclic) bond motifs is 2. The van der Waals surface area contributed by atoms with E-state index in [0.29, 0.717) is 6.54 Å². The van der Waals surface area contributed by atoms with Crippen LogP contribution >= 0.6 is 24.0 Å². The lowest BCUT2D eigenvalue weighted by molar-refractivity contribution is 0.848. The van der Waals surface area contributed by atoms with Gasteiger partial charge in [0.2, 0.25) is 0 Å². The molecule has 1 aromatic carbocycles. The van der Waals surface area contributed by atoms with Gasteiger partial charge in [0.1, 0.15) is 5.65 Å². The number of aromatic nitrogens is 2. The van der Waals surface area contributed by atoms with Gasteiger partial charge in [-0.15, -0.1) is 24.0 Å². The second-order valence-electron chi connectivity index (χ2n) is 6.13. The Morgan fingerprint density at radius 3 is 2.96 bits per heavy atom. The van der Waals surface area contributed by atoms with E-state index in [-0.39, 0.29) is 24.0 Å². The van der Waals surface area contributed by atoms with Crippen molar-refractivity contribution in [3.05, 3.63) is 65.6 Å². The van der Waals surface area contributed by atoms with Crippen LogP contribution in [0.4, 0.5) is 5.69 Å². The minimum atomic E-state index is 0. The predicted molar refractivity (Wildman–Crippen MR) is 113 cm³/mol. The number of aryl methyl sites for hydroxylation is 1. The van der Waals surface area contributed by atoms with Crippen molar-refractivity contribution >= 4 is 41.3 Å². The average Bonchev–Trinajstić information content (AvgIpc) is 3.19. The van der Waals surface area contributed by atoms with Crippen molar-refractivity contribution in [3.63, 3.8) is 0 Å². The van der Waals surface area contributed by atoms with Gasteiger partial charge in [-0.05, 0) is 42.7 Å². The SMILES string of the molecule is CN=C(NCc1cn2ccc(C)cc2n1)N1CCc2ccccc21.I. The molecule has 6 heteroatoms. The van der Waals surface area contributed by atoms with Gasteiger partial charge in [-0.2, -0.15) is 0 Å². The predicted octanol–water partition coefficient (Wildman–Crippen LogP) is 3.40. The van der Waals surface area contributed by atoms with Gasteiger partial charge in [-0.1, -0.05) is 18.2 Å². The highest BCUT2D eigenvalue weighted by Gasteiger charge is 2.22. The molecular weight excluding hydrogens is 425 g/mol. The van der Waals surface area contributed by atoms with Crippen LogP contribution in [-0.4, -0.2) is 28.9 Å². The molecule has 1 aliphatic heterocycles. The lowest BCUT2D eigenvalue weighted by atomic mass is 10.2. The molecule has 0 saturated carbocycles. The van der Waals surface area contributed by atoms with E-state index >= 15 is 0 Å². The van der Waals surface area contributed by atoms with Gasteiger partial charge in [0.15, 0.2) is 5.96 Å². The van der Waals surface area contributed by atoms with Gasteiger partial charge in [-0.25, -0.2) is 4.98 Å². The Morgan fingerprint density at radius 1 is 1.28 bits per heavy atom. The molecule has 0 atom stereocenters. The van der Waals surface area contributed by atoms with Gasteiger partial charge in [0, 0.05) is 31.7 Å². The molecule has 0 spiro atoms. The summed E-state index contributed by atoms with van der Waals surface area (Å²) in [4.78, 5) is 11.4. The number of halogens is 1. The van der Waals surface area contributed by atoms with Crippen molar-refractivity contribution in [1.29, 1.82) is 0 Å². The van der Waals surface area contributed by atoms with E-state index < -0.39 is 0 Å². The molecule has 0 aliphatic carbocycles. The Hall–Kier alpha value is -2.09. The van der Waals surface area contributed by atoms with Crippen LogP contribution in [0.25, 0.3) is 5.65 Å². The number of guanidine groups is 1. The number of nitrogens with one attached hydrogen (secondary N) is 1. The van der Waals surface area contributed by atoms with Gasteiger partial charge in [0.25, 0.3) is 0 Å². The fourth-order valence-electron chi connectivity index (χ4n) is 3.24. The van der Waals surface area contributed by atoms with E-state index in [1.54, 1.807) is 0 Å². The molecule has 0 amide bonds. The quantitative estimate of drug-likeness (QED) is 0.372. The summed E-state index contributed by atoms with van der Waals surface area (Å²) in [5.74, 6) is 0.896. The molecular formula is C19H22IN5. The van der Waals surface area contributed by atoms with Gasteiger partial charge in [0.05, 0.1) is 12.2 Å². The molecule has 3 aromatic rings. The molecule has 5 nitrogen and oxygen atoms in total. The summed E-state index contributed by atoms with van der Waals surface area (Å²) in [5.41, 5.74) is 5.83. The molecule has 1 N–H and O–H groups in total. The summed E-state index contributed by atoms with van der Waals surface area (Å²) in [5, 5.41) is 3.44. The Balaban J connectivity index is 0.00000182. The maximum atomic E-state index is 4.68. The molecule has 1 aliphatic rings. The van der Waals surface area contributed by atoms with Crippen LogP contribution in [-0.2, 0) is 13.0 Å². The van der Waals surface area contributed by atoms with Crippen molar-refractivity contribution in [2.75, 3.05) is 18.5 Å². The highest BCUT2D eigenvalue weighted by molar-refractivity contribution is 14.0. The molecule has 0 fully saturated rings. The summed E-state index contributed by atoms with van der Waals surface area (Å²) >= 11 is 0. The zero-order valence-electron chi connectivity index (χ0n) is 14.4. The van der Waals surface area contributed by atoms with Crippen molar-refractivity contribution in [3.8, 4) is 0 Å². The largest absolute Gasteiger partial charge is 0.350 e. The van der Waals surface area contributed by atoms with Gasteiger partial charge in [-0.3, -0.25) is 4.99 Å². The zero-order chi connectivity index (χ0) is 16.5. The van der Waals surface area contributed by atoms with Gasteiger partial charge < -0.3 is 14.6 Å². The minimum Gasteiger partial charge on any atom is -0.350 e. The number of hydrogen-bond acceptors (Lipinski definition) is 2. The normalized spacial score (nSPS) is 13.7. The number of aliphatic imine (C=N–C) groups is 1. The first-order valence-corrected chi connectivity index (χ1v) is 8.25. The first-order chi connectivity index (χ1) is 11.7. The fourth-order valence-corrected chi connectivity index (χ4v) is 3.24. The number of rotatable bonds is 2. The summed E-state index contributed by atoms with van der Waals surface area (Å²) in [7, 11) is 1.83. The van der Waals surface area contributed by atoms with Crippen LogP contribution < -0.4 is 10.2 Å². The first-order valence-electron chi connectivity index (χ1n) is 8.25. The minimum absolute atomic E-state index is 0. The van der Waals surface area contributed by atoms with Crippen molar-refractivity contribution in [2.45, 2.75) is 19.9 Å². The molecule has 0 unspecified atom stereocenters. The van der Waals surface area contributed by atoms with Crippen LogP contribution in [0.15, 0.2) is 53.8 Å². The van der Waals surface area contributed by atoms with Crippen LogP contribution in [0.1, 0.15) is 16.8 Å². The summed E-state index contributed by atoms with van der Waals surface area (Å²) in [6, 6.07) is 12.7. The monoisotopic (exact) mass is 447 g/mol. The zero-order valence-corrected chi connectivity index (χ0v) is 16.8. The summed E-state index contributed by atoms with van der Waals surface area (Å²) < 4.78 is 2.05. The topological polar surface area (TPSA) is 44.9 Å². The molecule has 0 saturated heterocycles. The van der Waals surface area contributed by atoms with Crippen molar-refractivity contribution in [2.24, 2.45) is 4.99 Å². The van der Waals surface area contributed by atoms with Crippen molar-refractivity contribution < 1.29 is 0 Å². The highest BCUT2D eigenvalue weighted by Crippen LogP contribution is 2.27. The number of para-hydroxylation sites is 1. The summed E-state index contributed by atoms with van der Waals surface area (Å²) in [6.07, 6.45) is 5.17. The standard InChI is InChI=1S/C19H21N5.HI/c1-14-7-9-23-13-16(22-18(23)11-14)12-21-19(20-2)24-10-8-15-5-3-4-6-17(15)24;/h3-7,9,11,13H,8,10,12H2,1-2H3,(H,20,21);1H. The van der Waals surface area contributed by atoms with Crippen LogP contribution in [0, 0.1) is 6.92 Å². The molecule has 3 heterocycles. The Bertz CT molecular complexity index is 915. The van der Waals surface area contributed by atoms with E-state index in [0.717, 1.165) is 30.3 Å². The van der Waals surface area contributed by atoms with E-state index in [1.165, 1.54) is 16.8 Å². The molecule has 0 bridgehead atoms. The molecule has 25 heavy (non-hydrogen) atoms. The third-order valence-electron chi connectivity index (χ3n) is 4.45. The Morgan fingerprint density at radius 2 is 2.12 bits per heavy atom. The van der Waals surface area contributed by atoms with Crippen molar-refractivity contribution in [1.82, 2.24) is 14.7 Å². The Kier molecular flexibility index (Phi) is 5.27.